The molecule has 126 valence electrons. The molecular formula is C20H20F2O2. The van der Waals surface area contributed by atoms with Crippen LogP contribution in [0.3, 0.4) is 0 Å². The number of fused-ring (bicyclic) bond motifs is 3. The van der Waals surface area contributed by atoms with Gasteiger partial charge in [-0.1, -0.05) is 24.3 Å². The molecule has 0 saturated heterocycles. The molecule has 2 unspecified atom stereocenters. The molecule has 0 aromatic heterocycles. The van der Waals surface area contributed by atoms with E-state index in [0.717, 1.165) is 16.7 Å². The van der Waals surface area contributed by atoms with Crippen molar-refractivity contribution in [1.29, 1.82) is 0 Å². The van der Waals surface area contributed by atoms with E-state index in [1.807, 2.05) is 37.3 Å². The Morgan fingerprint density at radius 2 is 1.83 bits per heavy atom. The maximum absolute atomic E-state index is 14.3. The van der Waals surface area contributed by atoms with E-state index in [9.17, 15) is 13.9 Å². The fourth-order valence-electron chi connectivity index (χ4n) is 4.46. The fourth-order valence-corrected chi connectivity index (χ4v) is 4.46. The molecule has 1 N–H and O–H groups in total. The Balaban J connectivity index is 1.95. The minimum absolute atomic E-state index is 0.103. The first-order valence-electron chi connectivity index (χ1n) is 8.36. The maximum atomic E-state index is 14.3. The number of phenols is 1. The van der Waals surface area contributed by atoms with E-state index in [2.05, 4.69) is 0 Å². The average molecular weight is 330 g/mol. The number of halogens is 2. The normalized spacial score (nSPS) is 27.7. The van der Waals surface area contributed by atoms with Gasteiger partial charge in [0.1, 0.15) is 17.6 Å². The van der Waals surface area contributed by atoms with E-state index >= 15 is 0 Å². The highest BCUT2D eigenvalue weighted by molar-refractivity contribution is 5.56. The fraction of sp³-hybridized carbons (Fsp3) is 0.400. The zero-order valence-electron chi connectivity index (χ0n) is 13.6. The summed E-state index contributed by atoms with van der Waals surface area (Å²) < 4.78 is 34.6. The van der Waals surface area contributed by atoms with Crippen LogP contribution in [0.4, 0.5) is 8.78 Å². The summed E-state index contributed by atoms with van der Waals surface area (Å²) in [5.74, 6) is -1.82. The van der Waals surface area contributed by atoms with Crippen molar-refractivity contribution >= 4 is 0 Å². The van der Waals surface area contributed by atoms with Gasteiger partial charge in [-0.15, -0.1) is 0 Å². The number of rotatable bonds is 1. The molecule has 2 aromatic carbocycles. The van der Waals surface area contributed by atoms with Gasteiger partial charge in [-0.2, -0.15) is 0 Å². The number of hydrogen-bond donors (Lipinski definition) is 1. The summed E-state index contributed by atoms with van der Waals surface area (Å²) in [6.45, 7) is 2.01. The van der Waals surface area contributed by atoms with E-state index in [4.69, 9.17) is 4.74 Å². The summed E-state index contributed by atoms with van der Waals surface area (Å²) in [4.78, 5) is 0. The van der Waals surface area contributed by atoms with Crippen LogP contribution in [0.15, 0.2) is 42.5 Å². The van der Waals surface area contributed by atoms with Gasteiger partial charge in [-0.25, -0.2) is 8.78 Å². The molecule has 4 heteroatoms. The molecular weight excluding hydrogens is 310 g/mol. The Labute approximate surface area is 140 Å². The van der Waals surface area contributed by atoms with E-state index in [1.54, 1.807) is 12.1 Å². The summed E-state index contributed by atoms with van der Waals surface area (Å²) in [6, 6.07) is 12.7. The van der Waals surface area contributed by atoms with Gasteiger partial charge in [0.25, 0.3) is 5.92 Å². The quantitative estimate of drug-likeness (QED) is 0.801. The molecule has 0 spiro atoms. The lowest BCUT2D eigenvalue weighted by atomic mass is 9.67. The van der Waals surface area contributed by atoms with Crippen molar-refractivity contribution in [2.45, 2.75) is 50.0 Å². The molecule has 0 radical (unpaired) electrons. The molecule has 0 bridgehead atoms. The van der Waals surface area contributed by atoms with Gasteiger partial charge in [0.2, 0.25) is 0 Å². The second-order valence-electron chi connectivity index (χ2n) is 6.99. The van der Waals surface area contributed by atoms with E-state index in [1.165, 1.54) is 0 Å². The SMILES string of the molecule is Cc1cccc2c1C1(c3ccc(O)cc3)CCCC(F)(F)CC1O2. The van der Waals surface area contributed by atoms with Crippen LogP contribution in [0.1, 0.15) is 42.4 Å². The van der Waals surface area contributed by atoms with Crippen molar-refractivity contribution < 1.29 is 18.6 Å². The molecule has 2 nitrogen and oxygen atoms in total. The Morgan fingerprint density at radius 1 is 1.08 bits per heavy atom. The number of aryl methyl sites for hydroxylation is 1. The molecule has 1 saturated carbocycles. The van der Waals surface area contributed by atoms with Crippen molar-refractivity contribution in [2.75, 3.05) is 0 Å². The minimum atomic E-state index is -2.71. The third-order valence-electron chi connectivity index (χ3n) is 5.48. The minimum Gasteiger partial charge on any atom is -0.508 e. The molecule has 0 amide bonds. The summed E-state index contributed by atoms with van der Waals surface area (Å²) in [5.41, 5.74) is 2.46. The highest BCUT2D eigenvalue weighted by Crippen LogP contribution is 2.56. The van der Waals surface area contributed by atoms with Crippen LogP contribution in [-0.4, -0.2) is 17.1 Å². The maximum Gasteiger partial charge on any atom is 0.251 e. The van der Waals surface area contributed by atoms with Crippen LogP contribution >= 0.6 is 0 Å². The third kappa shape index (κ3) is 2.20. The van der Waals surface area contributed by atoms with E-state index in [-0.39, 0.29) is 18.6 Å². The molecule has 24 heavy (non-hydrogen) atoms. The predicted octanol–water partition coefficient (Wildman–Crippen LogP) is 4.96. The number of ether oxygens (including phenoxy) is 1. The largest absolute Gasteiger partial charge is 0.508 e. The Kier molecular flexibility index (Phi) is 3.34. The van der Waals surface area contributed by atoms with Gasteiger partial charge < -0.3 is 9.84 Å². The molecule has 1 aliphatic heterocycles. The van der Waals surface area contributed by atoms with Crippen molar-refractivity contribution in [2.24, 2.45) is 0 Å². The Morgan fingerprint density at radius 3 is 2.58 bits per heavy atom. The van der Waals surface area contributed by atoms with Gasteiger partial charge in [0.15, 0.2) is 0 Å². The van der Waals surface area contributed by atoms with Gasteiger partial charge in [0.05, 0.1) is 5.41 Å². The lowest BCUT2D eigenvalue weighted by Gasteiger charge is -2.35. The summed E-state index contributed by atoms with van der Waals surface area (Å²) in [6.07, 6.45) is 0.100. The zero-order valence-corrected chi connectivity index (χ0v) is 13.6. The van der Waals surface area contributed by atoms with Crippen LogP contribution in [-0.2, 0) is 5.41 Å². The van der Waals surface area contributed by atoms with Crippen LogP contribution in [0.5, 0.6) is 11.5 Å². The Bertz CT molecular complexity index is 770. The van der Waals surface area contributed by atoms with Gasteiger partial charge in [0, 0.05) is 18.4 Å². The zero-order chi connectivity index (χ0) is 16.9. The second kappa shape index (κ2) is 5.20. The number of benzene rings is 2. The highest BCUT2D eigenvalue weighted by Gasteiger charge is 2.55. The topological polar surface area (TPSA) is 29.5 Å². The van der Waals surface area contributed by atoms with Crippen LogP contribution in [0, 0.1) is 6.92 Å². The smallest absolute Gasteiger partial charge is 0.251 e. The number of phenolic OH excluding ortho intramolecular Hbond substituents is 1. The standard InChI is InChI=1S/C20H20F2O2/c1-13-4-2-5-16-18(13)20(14-6-8-15(23)9-7-14)11-3-10-19(21,22)12-17(20)24-16/h2,4-9,17,23H,3,10-12H2,1H3. The first-order chi connectivity index (χ1) is 11.4. The molecule has 1 aliphatic carbocycles. The second-order valence-corrected chi connectivity index (χ2v) is 6.99. The van der Waals surface area contributed by atoms with E-state index in [0.29, 0.717) is 18.6 Å². The van der Waals surface area contributed by atoms with Crippen molar-refractivity contribution in [1.82, 2.24) is 0 Å². The van der Waals surface area contributed by atoms with Crippen LogP contribution < -0.4 is 4.74 Å². The Hall–Kier alpha value is -2.10. The van der Waals surface area contributed by atoms with E-state index < -0.39 is 17.4 Å². The summed E-state index contributed by atoms with van der Waals surface area (Å²) >= 11 is 0. The average Bonchev–Trinajstić information content (AvgIpc) is 2.75. The lowest BCUT2D eigenvalue weighted by molar-refractivity contribution is -0.0402. The highest BCUT2D eigenvalue weighted by atomic mass is 19.3. The van der Waals surface area contributed by atoms with Crippen molar-refractivity contribution in [3.05, 3.63) is 59.2 Å². The molecule has 2 atom stereocenters. The first-order valence-corrected chi connectivity index (χ1v) is 8.36. The predicted molar refractivity (Wildman–Crippen MR) is 87.9 cm³/mol. The molecule has 4 rings (SSSR count). The number of alkyl halides is 2. The number of hydrogen-bond acceptors (Lipinski definition) is 2. The van der Waals surface area contributed by atoms with Crippen LogP contribution in [0.2, 0.25) is 0 Å². The monoisotopic (exact) mass is 330 g/mol. The van der Waals surface area contributed by atoms with Crippen LogP contribution in [0.25, 0.3) is 0 Å². The van der Waals surface area contributed by atoms with Crippen molar-refractivity contribution in [3.8, 4) is 11.5 Å². The summed E-state index contributed by atoms with van der Waals surface area (Å²) in [7, 11) is 0. The first kappa shape index (κ1) is 15.4. The number of aromatic hydroxyl groups is 1. The summed E-state index contributed by atoms with van der Waals surface area (Å²) in [5, 5.41) is 9.63. The molecule has 1 fully saturated rings. The molecule has 2 aromatic rings. The van der Waals surface area contributed by atoms with Crippen molar-refractivity contribution in [3.63, 3.8) is 0 Å². The molecule has 2 aliphatic rings. The lowest BCUT2D eigenvalue weighted by Crippen LogP contribution is -2.41. The van der Waals surface area contributed by atoms with Gasteiger partial charge >= 0.3 is 0 Å². The third-order valence-corrected chi connectivity index (χ3v) is 5.48. The molecule has 1 heterocycles. The van der Waals surface area contributed by atoms with Gasteiger partial charge in [-0.3, -0.25) is 0 Å². The van der Waals surface area contributed by atoms with Gasteiger partial charge in [-0.05, 0) is 49.1 Å².